The lowest BCUT2D eigenvalue weighted by Gasteiger charge is -2.36. The Morgan fingerprint density at radius 3 is 2.81 bits per heavy atom. The summed E-state index contributed by atoms with van der Waals surface area (Å²) in [5, 5.41) is 24.8. The van der Waals surface area contributed by atoms with Gasteiger partial charge in [0.05, 0.1) is 42.2 Å². The molecule has 4 heterocycles. The largest absolute Gasteiger partial charge is 0.458 e. The van der Waals surface area contributed by atoms with E-state index < -0.39 is 11.6 Å². The molecular formula is C30H34FN5O6. The van der Waals surface area contributed by atoms with Crippen LogP contribution < -0.4 is 16.6 Å². The highest BCUT2D eigenvalue weighted by Crippen LogP contribution is 2.47. The number of hydrogen-bond donors (Lipinski definition) is 4. The van der Waals surface area contributed by atoms with Gasteiger partial charge >= 0.3 is 5.97 Å². The highest BCUT2D eigenvalue weighted by atomic mass is 19.1. The summed E-state index contributed by atoms with van der Waals surface area (Å²) in [5.74, 6) is -1.42. The second kappa shape index (κ2) is 10.5. The number of aryl methyl sites for hydroxylation is 1. The number of carbonyl (C=O) groups is 2. The molecule has 2 atom stereocenters. The first-order valence-electron chi connectivity index (χ1n) is 14.3. The van der Waals surface area contributed by atoms with E-state index in [9.17, 15) is 24.6 Å². The molecule has 0 spiro atoms. The molecule has 3 aromatic rings. The van der Waals surface area contributed by atoms with Gasteiger partial charge < -0.3 is 30.6 Å². The maximum absolute atomic E-state index is 15.2. The number of ether oxygens (including phenoxy) is 1. The molecule has 1 aromatic carbocycles. The average molecular weight is 580 g/mol. The van der Waals surface area contributed by atoms with Crippen molar-refractivity contribution < 1.29 is 28.9 Å². The first-order valence-corrected chi connectivity index (χ1v) is 14.3. The van der Waals surface area contributed by atoms with Crippen molar-refractivity contribution in [2.75, 3.05) is 32.8 Å². The van der Waals surface area contributed by atoms with Crippen LogP contribution in [0.25, 0.3) is 22.3 Å². The van der Waals surface area contributed by atoms with Crippen LogP contribution >= 0.6 is 0 Å². The van der Waals surface area contributed by atoms with Crippen LogP contribution in [0.15, 0.2) is 16.9 Å². The molecule has 0 fully saturated rings. The van der Waals surface area contributed by atoms with Crippen molar-refractivity contribution in [3.05, 3.63) is 61.7 Å². The van der Waals surface area contributed by atoms with E-state index in [1.165, 1.54) is 6.07 Å². The number of cyclic esters (lactones) is 1. The van der Waals surface area contributed by atoms with Gasteiger partial charge in [-0.25, -0.2) is 14.2 Å². The van der Waals surface area contributed by atoms with Gasteiger partial charge in [0, 0.05) is 48.3 Å². The van der Waals surface area contributed by atoms with Crippen LogP contribution in [0, 0.1) is 12.7 Å². The molecule has 0 unspecified atom stereocenters. The van der Waals surface area contributed by atoms with Crippen molar-refractivity contribution in [2.45, 2.75) is 57.9 Å². The topological polar surface area (TPSA) is 160 Å². The monoisotopic (exact) mass is 579 g/mol. The third kappa shape index (κ3) is 4.16. The van der Waals surface area contributed by atoms with Gasteiger partial charge in [0.25, 0.3) is 5.56 Å². The molecule has 1 amide bonds. The zero-order valence-electron chi connectivity index (χ0n) is 23.6. The van der Waals surface area contributed by atoms with E-state index in [4.69, 9.17) is 15.5 Å². The fourth-order valence-electron chi connectivity index (χ4n) is 6.82. The molecular weight excluding hydrogens is 545 g/mol. The second-order valence-corrected chi connectivity index (χ2v) is 11.2. The normalized spacial score (nSPS) is 20.4. The van der Waals surface area contributed by atoms with Gasteiger partial charge in [-0.15, -0.1) is 0 Å². The van der Waals surface area contributed by atoms with Crippen molar-refractivity contribution in [2.24, 2.45) is 5.73 Å². The number of aromatic nitrogens is 2. The van der Waals surface area contributed by atoms with E-state index in [2.05, 4.69) is 5.32 Å². The molecule has 2 aliphatic heterocycles. The van der Waals surface area contributed by atoms with E-state index >= 15 is 4.39 Å². The maximum atomic E-state index is 15.2. The highest BCUT2D eigenvalue weighted by molar-refractivity contribution is 5.93. The molecule has 222 valence electrons. The number of aliphatic hydroxyl groups is 2. The molecule has 3 aliphatic rings. The first kappa shape index (κ1) is 28.4. The fourth-order valence-corrected chi connectivity index (χ4v) is 6.82. The van der Waals surface area contributed by atoms with Gasteiger partial charge in [-0.1, -0.05) is 6.92 Å². The standard InChI is InChI=1S/C30H34FN5O6/c1-3-30(41)19-10-23-27-17(12-36(23)28(39)18(19)14-42-29(30)40)26-22(35(8-9-37)13-24(38)33-7-6-32)5-4-16-15(2)20(31)11-21(34-27)25(16)26/h10-11,22,37,41H,3-9,12-14,32H2,1-2H3,(H,33,38)/t22-,30-/m0/s1. The summed E-state index contributed by atoms with van der Waals surface area (Å²) in [4.78, 5) is 45.9. The number of nitrogens with zero attached hydrogens (tertiary/aromatic N) is 3. The van der Waals surface area contributed by atoms with Crippen molar-refractivity contribution in [3.63, 3.8) is 0 Å². The van der Waals surface area contributed by atoms with Crippen LogP contribution in [0.1, 0.15) is 59.2 Å². The molecule has 0 saturated heterocycles. The molecule has 0 saturated carbocycles. The Morgan fingerprint density at radius 1 is 1.31 bits per heavy atom. The number of aliphatic hydroxyl groups excluding tert-OH is 1. The molecule has 0 radical (unpaired) electrons. The van der Waals surface area contributed by atoms with Gasteiger partial charge in [0.1, 0.15) is 12.4 Å². The average Bonchev–Trinajstić information content (AvgIpc) is 3.35. The Hall–Kier alpha value is -3.71. The molecule has 2 aromatic heterocycles. The van der Waals surface area contributed by atoms with E-state index in [0.717, 1.165) is 22.1 Å². The van der Waals surface area contributed by atoms with Crippen LogP contribution in [0.4, 0.5) is 4.39 Å². The van der Waals surface area contributed by atoms with Gasteiger partial charge in [-0.2, -0.15) is 0 Å². The van der Waals surface area contributed by atoms with Crippen molar-refractivity contribution in [1.29, 1.82) is 0 Å². The number of esters is 1. The Labute approximate surface area is 241 Å². The van der Waals surface area contributed by atoms with Crippen molar-refractivity contribution >= 4 is 22.8 Å². The maximum Gasteiger partial charge on any atom is 0.343 e. The van der Waals surface area contributed by atoms with Gasteiger partial charge in [0.15, 0.2) is 5.60 Å². The molecule has 0 bridgehead atoms. The lowest BCUT2D eigenvalue weighted by molar-refractivity contribution is -0.172. The summed E-state index contributed by atoms with van der Waals surface area (Å²) < 4.78 is 21.9. The predicted octanol–water partition coefficient (Wildman–Crippen LogP) is 0.884. The predicted molar refractivity (Wildman–Crippen MR) is 151 cm³/mol. The fraction of sp³-hybridized carbons (Fsp3) is 0.467. The Kier molecular flexibility index (Phi) is 7.12. The molecule has 42 heavy (non-hydrogen) atoms. The summed E-state index contributed by atoms with van der Waals surface area (Å²) >= 11 is 0. The quantitative estimate of drug-likeness (QED) is 0.222. The van der Waals surface area contributed by atoms with Crippen LogP contribution in [0.5, 0.6) is 0 Å². The number of fused-ring (bicyclic) bond motifs is 5. The van der Waals surface area contributed by atoms with Crippen molar-refractivity contribution in [1.82, 2.24) is 19.8 Å². The van der Waals surface area contributed by atoms with Crippen molar-refractivity contribution in [3.8, 4) is 11.4 Å². The number of amides is 1. The van der Waals surface area contributed by atoms with Gasteiger partial charge in [0.2, 0.25) is 5.91 Å². The third-order valence-electron chi connectivity index (χ3n) is 8.99. The zero-order chi connectivity index (χ0) is 29.9. The minimum Gasteiger partial charge on any atom is -0.458 e. The summed E-state index contributed by atoms with van der Waals surface area (Å²) in [5.41, 5.74) is 7.91. The zero-order valence-corrected chi connectivity index (χ0v) is 23.6. The van der Waals surface area contributed by atoms with E-state index in [1.54, 1.807) is 24.5 Å². The number of benzene rings is 1. The minimum absolute atomic E-state index is 0.0171. The van der Waals surface area contributed by atoms with Crippen LogP contribution in [-0.4, -0.2) is 69.3 Å². The highest BCUT2D eigenvalue weighted by Gasteiger charge is 2.46. The first-order chi connectivity index (χ1) is 20.1. The summed E-state index contributed by atoms with van der Waals surface area (Å²) in [7, 11) is 0. The molecule has 12 heteroatoms. The molecule has 1 aliphatic carbocycles. The number of halogens is 1. The number of nitrogens with one attached hydrogen (secondary N) is 1. The molecule has 5 N–H and O–H groups in total. The lowest BCUT2D eigenvalue weighted by Crippen LogP contribution is -2.44. The summed E-state index contributed by atoms with van der Waals surface area (Å²) in [6.07, 6.45) is 1.13. The third-order valence-corrected chi connectivity index (χ3v) is 8.99. The Bertz CT molecular complexity index is 1700. The number of nitrogens with two attached hydrogens (primary N) is 1. The molecule has 6 rings (SSSR count). The second-order valence-electron chi connectivity index (χ2n) is 11.2. The van der Waals surface area contributed by atoms with Crippen LogP contribution in [0.2, 0.25) is 0 Å². The lowest BCUT2D eigenvalue weighted by atomic mass is 9.81. The Balaban J connectivity index is 1.59. The van der Waals surface area contributed by atoms with Gasteiger partial charge in [-0.05, 0) is 48.9 Å². The number of hydrogen-bond acceptors (Lipinski definition) is 9. The van der Waals surface area contributed by atoms with E-state index in [-0.39, 0.29) is 73.7 Å². The summed E-state index contributed by atoms with van der Waals surface area (Å²) in [6.45, 7) is 3.99. The SMILES string of the molecule is CC[C@@]1(O)C(=O)OCc2c1cc1n(c2=O)Cc2c-1nc1cc(F)c(C)c3c1c2[C@@H](N(CCO)CC(=O)NCCN)CC3. The Morgan fingerprint density at radius 2 is 2.10 bits per heavy atom. The van der Waals surface area contributed by atoms with Gasteiger partial charge in [-0.3, -0.25) is 14.5 Å². The smallest absolute Gasteiger partial charge is 0.343 e. The number of rotatable bonds is 8. The number of carbonyl (C=O) groups excluding carboxylic acids is 2. The van der Waals surface area contributed by atoms with E-state index in [0.29, 0.717) is 48.4 Å². The minimum atomic E-state index is -1.97. The molecule has 11 nitrogen and oxygen atoms in total. The van der Waals surface area contributed by atoms with Crippen LogP contribution in [-0.2, 0) is 39.5 Å². The van der Waals surface area contributed by atoms with E-state index in [1.807, 2.05) is 4.90 Å². The van der Waals surface area contributed by atoms with Crippen LogP contribution in [0.3, 0.4) is 0 Å². The number of pyridine rings is 2. The summed E-state index contributed by atoms with van der Waals surface area (Å²) in [6, 6.07) is 2.70.